The Morgan fingerprint density at radius 3 is 2.33 bits per heavy atom. The summed E-state index contributed by atoms with van der Waals surface area (Å²) in [4.78, 5) is 12.7. The third-order valence-corrected chi connectivity index (χ3v) is 4.42. The summed E-state index contributed by atoms with van der Waals surface area (Å²) < 4.78 is 11.4. The van der Waals surface area contributed by atoms with E-state index in [1.165, 1.54) is 12.8 Å². The van der Waals surface area contributed by atoms with Crippen molar-refractivity contribution in [3.63, 3.8) is 0 Å². The molecule has 4 heteroatoms. The molecule has 0 aliphatic heterocycles. The molecular weight excluding hydrogens is 304 g/mol. The van der Waals surface area contributed by atoms with Crippen LogP contribution in [-0.4, -0.2) is 24.1 Å². The van der Waals surface area contributed by atoms with Crippen molar-refractivity contribution in [3.05, 3.63) is 59.2 Å². The predicted octanol–water partition coefficient (Wildman–Crippen LogP) is 3.74. The number of benzene rings is 2. The van der Waals surface area contributed by atoms with Crippen molar-refractivity contribution < 1.29 is 19.4 Å². The van der Waals surface area contributed by atoms with Crippen LogP contribution in [0, 0.1) is 0 Å². The fourth-order valence-corrected chi connectivity index (χ4v) is 3.02. The molecule has 0 heterocycles. The van der Waals surface area contributed by atoms with Crippen LogP contribution in [0.3, 0.4) is 0 Å². The maximum Gasteiger partial charge on any atom is 0.193 e. The van der Waals surface area contributed by atoms with Gasteiger partial charge in [-0.05, 0) is 49.4 Å². The summed E-state index contributed by atoms with van der Waals surface area (Å²) in [7, 11) is 1.60. The molecule has 0 bridgehead atoms. The van der Waals surface area contributed by atoms with Crippen LogP contribution in [0.25, 0.3) is 0 Å². The zero-order valence-corrected chi connectivity index (χ0v) is 13.8. The van der Waals surface area contributed by atoms with Crippen LogP contribution in [0.15, 0.2) is 42.5 Å². The van der Waals surface area contributed by atoms with Gasteiger partial charge in [-0.25, -0.2) is 0 Å². The van der Waals surface area contributed by atoms with Gasteiger partial charge in [-0.3, -0.25) is 4.79 Å². The lowest BCUT2D eigenvalue weighted by molar-refractivity contribution is 0.103. The van der Waals surface area contributed by atoms with Crippen molar-refractivity contribution in [3.8, 4) is 11.5 Å². The smallest absolute Gasteiger partial charge is 0.193 e. The highest BCUT2D eigenvalue weighted by molar-refractivity contribution is 6.09. The monoisotopic (exact) mass is 326 g/mol. The molecule has 0 spiro atoms. The summed E-state index contributed by atoms with van der Waals surface area (Å²) in [6.45, 7) is -0.0314. The van der Waals surface area contributed by atoms with E-state index >= 15 is 0 Å². The number of aliphatic hydroxyl groups is 1. The van der Waals surface area contributed by atoms with Gasteiger partial charge in [0.15, 0.2) is 17.3 Å². The Kier molecular flexibility index (Phi) is 5.16. The molecule has 0 aromatic heterocycles. The maximum absolute atomic E-state index is 12.7. The molecule has 1 aliphatic rings. The Morgan fingerprint density at radius 1 is 1.04 bits per heavy atom. The first-order valence-corrected chi connectivity index (χ1v) is 8.30. The molecule has 0 unspecified atom stereocenters. The largest absolute Gasteiger partial charge is 0.493 e. The van der Waals surface area contributed by atoms with E-state index in [-0.39, 0.29) is 18.5 Å². The average molecular weight is 326 g/mol. The number of hydrogen-bond acceptors (Lipinski definition) is 4. The molecule has 1 N–H and O–H groups in total. The molecule has 1 aliphatic carbocycles. The Hall–Kier alpha value is -2.33. The zero-order valence-electron chi connectivity index (χ0n) is 13.8. The normalized spacial score (nSPS) is 14.6. The molecule has 0 atom stereocenters. The van der Waals surface area contributed by atoms with Crippen molar-refractivity contribution in [1.82, 2.24) is 0 Å². The van der Waals surface area contributed by atoms with E-state index in [1.54, 1.807) is 49.6 Å². The van der Waals surface area contributed by atoms with Crippen molar-refractivity contribution in [2.24, 2.45) is 0 Å². The van der Waals surface area contributed by atoms with Gasteiger partial charge >= 0.3 is 0 Å². The lowest BCUT2D eigenvalue weighted by Gasteiger charge is -2.16. The van der Waals surface area contributed by atoms with Gasteiger partial charge in [0.25, 0.3) is 0 Å². The first-order valence-electron chi connectivity index (χ1n) is 8.30. The molecule has 2 aromatic rings. The number of methoxy groups -OCH3 is 1. The topological polar surface area (TPSA) is 55.8 Å². The Bertz CT molecular complexity index is 700. The predicted molar refractivity (Wildman–Crippen MR) is 91.7 cm³/mol. The van der Waals surface area contributed by atoms with E-state index in [4.69, 9.17) is 14.6 Å². The molecule has 3 rings (SSSR count). The highest BCUT2D eigenvalue weighted by atomic mass is 16.5. The van der Waals surface area contributed by atoms with Crippen molar-refractivity contribution in [2.75, 3.05) is 7.11 Å². The first-order chi connectivity index (χ1) is 11.7. The highest BCUT2D eigenvalue weighted by Gasteiger charge is 2.20. The van der Waals surface area contributed by atoms with Crippen LogP contribution < -0.4 is 9.47 Å². The van der Waals surface area contributed by atoms with Gasteiger partial charge in [0.2, 0.25) is 0 Å². The number of aliphatic hydroxyl groups excluding tert-OH is 1. The average Bonchev–Trinajstić information content (AvgIpc) is 3.14. The fourth-order valence-electron chi connectivity index (χ4n) is 3.02. The SMILES string of the molecule is COc1ccc(C(=O)c2ccc(CO)cc2)cc1OC1CCCC1. The van der Waals surface area contributed by atoms with Crippen molar-refractivity contribution in [1.29, 1.82) is 0 Å². The molecule has 1 fully saturated rings. The summed E-state index contributed by atoms with van der Waals surface area (Å²) in [5, 5.41) is 9.10. The molecule has 0 amide bonds. The van der Waals surface area contributed by atoms with E-state index in [2.05, 4.69) is 0 Å². The number of carbonyl (C=O) groups is 1. The standard InChI is InChI=1S/C20H22O4/c1-23-18-11-10-16(12-19(18)24-17-4-2-3-5-17)20(22)15-8-6-14(13-21)7-9-15/h6-12,17,21H,2-5,13H2,1H3. The lowest BCUT2D eigenvalue weighted by atomic mass is 10.0. The van der Waals surface area contributed by atoms with Gasteiger partial charge in [0, 0.05) is 11.1 Å². The van der Waals surface area contributed by atoms with Crippen molar-refractivity contribution in [2.45, 2.75) is 38.4 Å². The molecule has 4 nitrogen and oxygen atoms in total. The molecule has 0 saturated heterocycles. The van der Waals surface area contributed by atoms with Gasteiger partial charge in [-0.1, -0.05) is 24.3 Å². The number of carbonyl (C=O) groups excluding carboxylic acids is 1. The second-order valence-electron chi connectivity index (χ2n) is 6.07. The summed E-state index contributed by atoms with van der Waals surface area (Å²) in [5.41, 5.74) is 1.94. The third-order valence-electron chi connectivity index (χ3n) is 4.42. The van der Waals surface area contributed by atoms with Crippen LogP contribution in [-0.2, 0) is 6.61 Å². The Morgan fingerprint density at radius 2 is 1.71 bits per heavy atom. The second kappa shape index (κ2) is 7.49. The lowest BCUT2D eigenvalue weighted by Crippen LogP contribution is -2.12. The van der Waals surface area contributed by atoms with Gasteiger partial charge < -0.3 is 14.6 Å². The van der Waals surface area contributed by atoms with Crippen LogP contribution in [0.1, 0.15) is 47.2 Å². The van der Waals surface area contributed by atoms with E-state index in [0.29, 0.717) is 22.6 Å². The number of hydrogen-bond donors (Lipinski definition) is 1. The van der Waals surface area contributed by atoms with Gasteiger partial charge in [0.05, 0.1) is 19.8 Å². The maximum atomic E-state index is 12.7. The van der Waals surface area contributed by atoms with Crippen LogP contribution in [0.5, 0.6) is 11.5 Å². The summed E-state index contributed by atoms with van der Waals surface area (Å²) in [6.07, 6.45) is 4.66. The quantitative estimate of drug-likeness (QED) is 0.822. The summed E-state index contributed by atoms with van der Waals surface area (Å²) >= 11 is 0. The van der Waals surface area contributed by atoms with Crippen LogP contribution >= 0.6 is 0 Å². The van der Waals surface area contributed by atoms with Gasteiger partial charge in [-0.2, -0.15) is 0 Å². The molecule has 24 heavy (non-hydrogen) atoms. The second-order valence-corrected chi connectivity index (χ2v) is 6.07. The highest BCUT2D eigenvalue weighted by Crippen LogP contribution is 2.33. The molecule has 2 aromatic carbocycles. The van der Waals surface area contributed by atoms with Gasteiger partial charge in [0.1, 0.15) is 0 Å². The number of ether oxygens (including phenoxy) is 2. The summed E-state index contributed by atoms with van der Waals surface area (Å²) in [6, 6.07) is 12.3. The first kappa shape index (κ1) is 16.5. The van der Waals surface area contributed by atoms with Gasteiger partial charge in [-0.15, -0.1) is 0 Å². The van der Waals surface area contributed by atoms with E-state index in [1.807, 2.05) is 0 Å². The zero-order chi connectivity index (χ0) is 16.9. The third kappa shape index (κ3) is 3.60. The van der Waals surface area contributed by atoms with E-state index < -0.39 is 0 Å². The van der Waals surface area contributed by atoms with Crippen LogP contribution in [0.2, 0.25) is 0 Å². The molecule has 0 radical (unpaired) electrons. The van der Waals surface area contributed by atoms with Crippen LogP contribution in [0.4, 0.5) is 0 Å². The van der Waals surface area contributed by atoms with E-state index in [0.717, 1.165) is 18.4 Å². The Balaban J connectivity index is 1.84. The molecule has 126 valence electrons. The summed E-state index contributed by atoms with van der Waals surface area (Å²) in [5.74, 6) is 1.20. The molecule has 1 saturated carbocycles. The number of ketones is 1. The Labute approximate surface area is 142 Å². The van der Waals surface area contributed by atoms with Crippen molar-refractivity contribution >= 4 is 5.78 Å². The minimum Gasteiger partial charge on any atom is -0.493 e. The minimum atomic E-state index is -0.0709. The van der Waals surface area contributed by atoms with E-state index in [9.17, 15) is 4.79 Å². The minimum absolute atomic E-state index is 0.0314. The number of rotatable bonds is 6. The molecular formula is C20H22O4. The fraction of sp³-hybridized carbons (Fsp3) is 0.350.